The van der Waals surface area contributed by atoms with E-state index < -0.39 is 17.6 Å². The summed E-state index contributed by atoms with van der Waals surface area (Å²) in [5, 5.41) is 14.4. The van der Waals surface area contributed by atoms with E-state index in [1.54, 1.807) is 7.11 Å². The van der Waals surface area contributed by atoms with Crippen molar-refractivity contribution in [1.82, 2.24) is 4.57 Å². The van der Waals surface area contributed by atoms with Crippen molar-refractivity contribution in [2.45, 2.75) is 33.7 Å². The van der Waals surface area contributed by atoms with E-state index in [0.717, 1.165) is 23.0 Å². The van der Waals surface area contributed by atoms with E-state index in [2.05, 4.69) is 15.2 Å². The third-order valence-corrected chi connectivity index (χ3v) is 4.57. The number of carbonyl (C=O) groups is 2. The Balaban J connectivity index is 2.30. The Morgan fingerprint density at radius 3 is 2.60 bits per heavy atom. The predicted octanol–water partition coefficient (Wildman–Crippen LogP) is 3.96. The fraction of sp³-hybridized carbons (Fsp3) is 0.318. The molecule has 1 aromatic heterocycles. The van der Waals surface area contributed by atoms with Gasteiger partial charge in [-0.1, -0.05) is 0 Å². The van der Waals surface area contributed by atoms with Crippen LogP contribution in [0.15, 0.2) is 29.8 Å². The molecule has 2 N–H and O–H groups in total. The minimum Gasteiger partial charge on any atom is -0.383 e. The smallest absolute Gasteiger partial charge is 0.266 e. The van der Waals surface area contributed by atoms with Crippen LogP contribution in [-0.2, 0) is 14.3 Å². The van der Waals surface area contributed by atoms with Crippen LogP contribution < -0.4 is 10.6 Å². The van der Waals surface area contributed by atoms with Crippen molar-refractivity contribution in [3.8, 4) is 6.07 Å². The van der Waals surface area contributed by atoms with Crippen LogP contribution >= 0.6 is 0 Å². The van der Waals surface area contributed by atoms with Crippen molar-refractivity contribution in [3.63, 3.8) is 0 Å². The average Bonchev–Trinajstić information content (AvgIpc) is 2.95. The Labute approximate surface area is 175 Å². The van der Waals surface area contributed by atoms with Gasteiger partial charge in [0.15, 0.2) is 0 Å². The number of ether oxygens (including phenoxy) is 1. The SMILES string of the molecule is COCC(C)n1c(C)cc(/C=C(\C#N)C(=O)Nc2ccc(F)c(NC(C)=O)c2)c1C. The van der Waals surface area contributed by atoms with Crippen LogP contribution in [0, 0.1) is 31.0 Å². The van der Waals surface area contributed by atoms with Crippen LogP contribution in [0.1, 0.15) is 36.8 Å². The minimum atomic E-state index is -0.632. The highest BCUT2D eigenvalue weighted by Gasteiger charge is 2.16. The zero-order valence-corrected chi connectivity index (χ0v) is 17.7. The lowest BCUT2D eigenvalue weighted by atomic mass is 10.1. The summed E-state index contributed by atoms with van der Waals surface area (Å²) >= 11 is 0. The molecule has 0 aliphatic rings. The maximum Gasteiger partial charge on any atom is 0.266 e. The van der Waals surface area contributed by atoms with E-state index in [4.69, 9.17) is 4.74 Å². The third kappa shape index (κ3) is 5.33. The van der Waals surface area contributed by atoms with Gasteiger partial charge in [-0.05, 0) is 56.7 Å². The number of benzene rings is 1. The van der Waals surface area contributed by atoms with Gasteiger partial charge in [0.2, 0.25) is 5.91 Å². The molecule has 8 heteroatoms. The number of nitriles is 1. The maximum atomic E-state index is 13.8. The molecular weight excluding hydrogens is 387 g/mol. The van der Waals surface area contributed by atoms with Crippen molar-refractivity contribution in [1.29, 1.82) is 5.26 Å². The van der Waals surface area contributed by atoms with Gasteiger partial charge in [0.1, 0.15) is 17.5 Å². The van der Waals surface area contributed by atoms with Crippen LogP contribution in [-0.4, -0.2) is 30.1 Å². The van der Waals surface area contributed by atoms with Gasteiger partial charge in [-0.25, -0.2) is 4.39 Å². The molecule has 2 rings (SSSR count). The van der Waals surface area contributed by atoms with E-state index in [9.17, 15) is 19.2 Å². The molecule has 0 saturated carbocycles. The molecule has 0 spiro atoms. The lowest BCUT2D eigenvalue weighted by Gasteiger charge is -2.17. The topological polar surface area (TPSA) is 96.2 Å². The van der Waals surface area contributed by atoms with Gasteiger partial charge in [0.25, 0.3) is 5.91 Å². The number of rotatable bonds is 7. The molecule has 0 bridgehead atoms. The van der Waals surface area contributed by atoms with Crippen LogP contribution in [0.2, 0.25) is 0 Å². The molecule has 1 atom stereocenters. The highest BCUT2D eigenvalue weighted by Crippen LogP contribution is 2.24. The van der Waals surface area contributed by atoms with Crippen molar-refractivity contribution < 1.29 is 18.7 Å². The molecule has 2 amide bonds. The molecule has 7 nitrogen and oxygen atoms in total. The molecule has 0 aliphatic heterocycles. The number of methoxy groups -OCH3 is 1. The molecule has 1 heterocycles. The van der Waals surface area contributed by atoms with Gasteiger partial charge in [-0.3, -0.25) is 9.59 Å². The molecular formula is C22H25FN4O3. The maximum absolute atomic E-state index is 13.8. The van der Waals surface area contributed by atoms with E-state index in [-0.39, 0.29) is 23.0 Å². The molecule has 30 heavy (non-hydrogen) atoms. The Morgan fingerprint density at radius 1 is 1.30 bits per heavy atom. The summed E-state index contributed by atoms with van der Waals surface area (Å²) in [5.41, 5.74) is 2.75. The monoisotopic (exact) mass is 412 g/mol. The summed E-state index contributed by atoms with van der Waals surface area (Å²) in [4.78, 5) is 23.8. The molecule has 2 aromatic rings. The highest BCUT2D eigenvalue weighted by atomic mass is 19.1. The number of nitrogens with zero attached hydrogens (tertiary/aromatic N) is 2. The number of halogens is 1. The molecule has 158 valence electrons. The van der Waals surface area contributed by atoms with Gasteiger partial charge in [-0.2, -0.15) is 5.26 Å². The molecule has 0 aliphatic carbocycles. The normalized spacial score (nSPS) is 12.2. The zero-order chi connectivity index (χ0) is 22.4. The van der Waals surface area contributed by atoms with E-state index in [1.807, 2.05) is 32.9 Å². The molecule has 0 fully saturated rings. The summed E-state index contributed by atoms with van der Waals surface area (Å²) in [6, 6.07) is 7.69. The van der Waals surface area contributed by atoms with Crippen molar-refractivity contribution in [2.75, 3.05) is 24.4 Å². The van der Waals surface area contributed by atoms with Crippen molar-refractivity contribution in [3.05, 3.63) is 52.6 Å². The van der Waals surface area contributed by atoms with Crippen molar-refractivity contribution in [2.24, 2.45) is 0 Å². The first kappa shape index (κ1) is 22.8. The zero-order valence-electron chi connectivity index (χ0n) is 17.7. The largest absolute Gasteiger partial charge is 0.383 e. The van der Waals surface area contributed by atoms with Gasteiger partial charge < -0.3 is 19.9 Å². The number of nitrogens with one attached hydrogen (secondary N) is 2. The van der Waals surface area contributed by atoms with E-state index in [1.165, 1.54) is 25.1 Å². The number of aryl methyl sites for hydroxylation is 1. The van der Waals surface area contributed by atoms with Gasteiger partial charge in [-0.15, -0.1) is 0 Å². The average molecular weight is 412 g/mol. The molecule has 1 unspecified atom stereocenters. The third-order valence-electron chi connectivity index (χ3n) is 4.57. The minimum absolute atomic E-state index is 0.0570. The Bertz CT molecular complexity index is 1030. The molecule has 0 saturated heterocycles. The molecule has 1 aromatic carbocycles. The van der Waals surface area contributed by atoms with E-state index in [0.29, 0.717) is 6.61 Å². The van der Waals surface area contributed by atoms with Crippen molar-refractivity contribution >= 4 is 29.3 Å². The first-order chi connectivity index (χ1) is 14.2. The first-order valence-corrected chi connectivity index (χ1v) is 9.35. The second-order valence-electron chi connectivity index (χ2n) is 7.00. The highest BCUT2D eigenvalue weighted by molar-refractivity contribution is 6.10. The quantitative estimate of drug-likeness (QED) is 0.531. The number of hydrogen-bond acceptors (Lipinski definition) is 4. The summed E-state index contributed by atoms with van der Waals surface area (Å²) < 4.78 is 21.1. The summed E-state index contributed by atoms with van der Waals surface area (Å²) in [6.07, 6.45) is 1.52. The summed E-state index contributed by atoms with van der Waals surface area (Å²) in [6.45, 7) is 7.68. The summed E-state index contributed by atoms with van der Waals surface area (Å²) in [5.74, 6) is -1.70. The predicted molar refractivity (Wildman–Crippen MR) is 113 cm³/mol. The Morgan fingerprint density at radius 2 is 2.00 bits per heavy atom. The number of aromatic nitrogens is 1. The van der Waals surface area contributed by atoms with Crippen LogP contribution in [0.25, 0.3) is 6.08 Å². The molecule has 0 radical (unpaired) electrons. The van der Waals surface area contributed by atoms with E-state index >= 15 is 0 Å². The van der Waals surface area contributed by atoms with Crippen LogP contribution in [0.5, 0.6) is 0 Å². The second kappa shape index (κ2) is 9.85. The number of anilines is 2. The second-order valence-corrected chi connectivity index (χ2v) is 7.00. The van der Waals surface area contributed by atoms with Gasteiger partial charge in [0.05, 0.1) is 18.3 Å². The summed E-state index contributed by atoms with van der Waals surface area (Å²) in [7, 11) is 1.64. The van der Waals surface area contributed by atoms with Crippen LogP contribution in [0.4, 0.5) is 15.8 Å². The lowest BCUT2D eigenvalue weighted by molar-refractivity contribution is -0.114. The fourth-order valence-corrected chi connectivity index (χ4v) is 3.33. The number of hydrogen-bond donors (Lipinski definition) is 2. The van der Waals surface area contributed by atoms with Crippen LogP contribution in [0.3, 0.4) is 0 Å². The number of carbonyl (C=O) groups excluding carboxylic acids is 2. The Kier molecular flexibility index (Phi) is 7.50. The standard InChI is InChI=1S/C22H25FN4O3/c1-13-8-17(15(3)27(13)14(2)12-30-5)9-18(11-24)22(29)26-19-6-7-20(23)21(10-19)25-16(4)28/h6-10,14H,12H2,1-5H3,(H,25,28)(H,26,29)/b18-9+. The van der Waals surface area contributed by atoms with Gasteiger partial charge in [0, 0.05) is 31.1 Å². The first-order valence-electron chi connectivity index (χ1n) is 9.35. The Hall–Kier alpha value is -3.44. The lowest BCUT2D eigenvalue weighted by Crippen LogP contribution is -2.15. The van der Waals surface area contributed by atoms with Gasteiger partial charge >= 0.3 is 0 Å². The number of amides is 2. The fourth-order valence-electron chi connectivity index (χ4n) is 3.33.